The summed E-state index contributed by atoms with van der Waals surface area (Å²) in [6, 6.07) is -0.114. The van der Waals surface area contributed by atoms with Crippen molar-refractivity contribution in [3.63, 3.8) is 0 Å². The maximum Gasteiger partial charge on any atom is 0.0583 e. The zero-order valence-electron chi connectivity index (χ0n) is 6.55. The van der Waals surface area contributed by atoms with Gasteiger partial charge in [0, 0.05) is 19.3 Å². The lowest BCUT2D eigenvalue weighted by Gasteiger charge is -2.06. The van der Waals surface area contributed by atoms with Gasteiger partial charge in [0.2, 0.25) is 0 Å². The van der Waals surface area contributed by atoms with Gasteiger partial charge in [-0.05, 0) is 12.8 Å². The van der Waals surface area contributed by atoms with E-state index >= 15 is 0 Å². The average molecular weight is 147 g/mol. The molecular formula is C7H17NO2. The molecule has 0 aromatic rings. The molecule has 0 saturated heterocycles. The van der Waals surface area contributed by atoms with Crippen LogP contribution in [-0.2, 0) is 4.74 Å². The highest BCUT2D eigenvalue weighted by Crippen LogP contribution is 1.88. The lowest BCUT2D eigenvalue weighted by Crippen LogP contribution is -2.25. The third kappa shape index (κ3) is 6.01. The molecule has 0 rings (SSSR count). The number of hydrogen-bond acceptors (Lipinski definition) is 3. The van der Waals surface area contributed by atoms with E-state index in [0.717, 1.165) is 19.4 Å². The fraction of sp³-hybridized carbons (Fsp3) is 1.00. The van der Waals surface area contributed by atoms with Crippen LogP contribution in [0.4, 0.5) is 0 Å². The van der Waals surface area contributed by atoms with Gasteiger partial charge in [0.15, 0.2) is 0 Å². The molecule has 3 heteroatoms. The van der Waals surface area contributed by atoms with Crippen molar-refractivity contribution in [2.24, 2.45) is 5.73 Å². The van der Waals surface area contributed by atoms with Crippen LogP contribution in [0.2, 0.25) is 0 Å². The highest BCUT2D eigenvalue weighted by molar-refractivity contribution is 4.56. The van der Waals surface area contributed by atoms with Crippen LogP contribution in [0.25, 0.3) is 0 Å². The Morgan fingerprint density at radius 3 is 2.70 bits per heavy atom. The Labute approximate surface area is 62.2 Å². The van der Waals surface area contributed by atoms with Crippen molar-refractivity contribution in [2.45, 2.75) is 25.8 Å². The van der Waals surface area contributed by atoms with E-state index in [1.165, 1.54) is 0 Å². The van der Waals surface area contributed by atoms with Crippen LogP contribution in [0.1, 0.15) is 19.8 Å². The number of aliphatic hydroxyl groups excluding tert-OH is 1. The summed E-state index contributed by atoms with van der Waals surface area (Å²) < 4.78 is 5.16. The fourth-order valence-corrected chi connectivity index (χ4v) is 0.572. The molecule has 0 bridgehead atoms. The largest absolute Gasteiger partial charge is 0.395 e. The Kier molecular flexibility index (Phi) is 6.91. The predicted molar refractivity (Wildman–Crippen MR) is 40.8 cm³/mol. The van der Waals surface area contributed by atoms with E-state index in [1.54, 1.807) is 0 Å². The smallest absolute Gasteiger partial charge is 0.0583 e. The van der Waals surface area contributed by atoms with Gasteiger partial charge in [0.25, 0.3) is 0 Å². The van der Waals surface area contributed by atoms with Crippen molar-refractivity contribution >= 4 is 0 Å². The predicted octanol–water partition coefficient (Wildman–Crippen LogP) is 0.123. The molecule has 0 spiro atoms. The van der Waals surface area contributed by atoms with Crippen LogP contribution in [0.5, 0.6) is 0 Å². The topological polar surface area (TPSA) is 55.5 Å². The first-order chi connectivity index (χ1) is 4.81. The van der Waals surface area contributed by atoms with Crippen molar-refractivity contribution in [3.05, 3.63) is 0 Å². The lowest BCUT2D eigenvalue weighted by atomic mass is 10.2. The Hall–Kier alpha value is -0.120. The quantitative estimate of drug-likeness (QED) is 0.525. The minimum Gasteiger partial charge on any atom is -0.395 e. The van der Waals surface area contributed by atoms with Gasteiger partial charge in [-0.15, -0.1) is 0 Å². The van der Waals surface area contributed by atoms with E-state index in [9.17, 15) is 0 Å². The Balaban J connectivity index is 2.89. The van der Waals surface area contributed by atoms with Crippen LogP contribution in [0, 0.1) is 0 Å². The van der Waals surface area contributed by atoms with E-state index < -0.39 is 0 Å². The third-order valence-electron chi connectivity index (χ3n) is 1.22. The second-order valence-corrected chi connectivity index (χ2v) is 2.34. The van der Waals surface area contributed by atoms with Crippen molar-refractivity contribution in [3.8, 4) is 0 Å². The molecule has 0 aliphatic carbocycles. The van der Waals surface area contributed by atoms with Crippen LogP contribution in [-0.4, -0.2) is 31.0 Å². The molecule has 0 aromatic heterocycles. The normalized spacial score (nSPS) is 13.5. The van der Waals surface area contributed by atoms with E-state index in [1.807, 2.05) is 0 Å². The molecule has 0 fully saturated rings. The molecule has 3 nitrogen and oxygen atoms in total. The highest BCUT2D eigenvalue weighted by Gasteiger charge is 1.97. The zero-order chi connectivity index (χ0) is 7.82. The third-order valence-corrected chi connectivity index (χ3v) is 1.22. The Bertz CT molecular complexity index is 68.6. The second kappa shape index (κ2) is 6.99. The van der Waals surface area contributed by atoms with Crippen LogP contribution < -0.4 is 5.73 Å². The molecule has 0 saturated carbocycles. The van der Waals surface area contributed by atoms with Gasteiger partial charge >= 0.3 is 0 Å². The first-order valence-electron chi connectivity index (χ1n) is 3.75. The highest BCUT2D eigenvalue weighted by atomic mass is 16.5. The van der Waals surface area contributed by atoms with Gasteiger partial charge in [0.1, 0.15) is 0 Å². The molecule has 0 aliphatic rings. The zero-order valence-corrected chi connectivity index (χ0v) is 6.55. The molecule has 3 N–H and O–H groups in total. The van der Waals surface area contributed by atoms with Crippen molar-refractivity contribution in [1.82, 2.24) is 0 Å². The summed E-state index contributed by atoms with van der Waals surface area (Å²) in [4.78, 5) is 0. The van der Waals surface area contributed by atoms with Crippen molar-refractivity contribution in [1.29, 1.82) is 0 Å². The van der Waals surface area contributed by atoms with Gasteiger partial charge in [-0.1, -0.05) is 6.92 Å². The van der Waals surface area contributed by atoms with E-state index in [2.05, 4.69) is 6.92 Å². The second-order valence-electron chi connectivity index (χ2n) is 2.34. The standard InChI is InChI=1S/C7H17NO2/c1-2-4-10-5-3-7(8)6-9/h7,9H,2-6,8H2,1H3. The molecule has 0 aliphatic heterocycles. The molecule has 0 amide bonds. The molecule has 0 aromatic carbocycles. The van der Waals surface area contributed by atoms with Crippen molar-refractivity contribution < 1.29 is 9.84 Å². The number of nitrogens with two attached hydrogens (primary N) is 1. The summed E-state index contributed by atoms with van der Waals surface area (Å²) in [5.74, 6) is 0. The SMILES string of the molecule is CCCOCCC(N)CO. The first kappa shape index (κ1) is 9.88. The summed E-state index contributed by atoms with van der Waals surface area (Å²) in [5.41, 5.74) is 5.43. The maximum absolute atomic E-state index is 8.51. The number of aliphatic hydroxyl groups is 1. The maximum atomic E-state index is 8.51. The average Bonchev–Trinajstić information content (AvgIpc) is 1.98. The van der Waals surface area contributed by atoms with Gasteiger partial charge in [-0.25, -0.2) is 0 Å². The number of hydrogen-bond donors (Lipinski definition) is 2. The molecule has 0 heterocycles. The van der Waals surface area contributed by atoms with Crippen molar-refractivity contribution in [2.75, 3.05) is 19.8 Å². The van der Waals surface area contributed by atoms with E-state index in [4.69, 9.17) is 15.6 Å². The summed E-state index contributed by atoms with van der Waals surface area (Å²) in [6.07, 6.45) is 1.78. The van der Waals surface area contributed by atoms with E-state index in [0.29, 0.717) is 6.61 Å². The van der Waals surface area contributed by atoms with Crippen LogP contribution in [0.3, 0.4) is 0 Å². The molecule has 1 atom stereocenters. The molecule has 10 heavy (non-hydrogen) atoms. The molecular weight excluding hydrogens is 130 g/mol. The van der Waals surface area contributed by atoms with Gasteiger partial charge < -0.3 is 15.6 Å². The van der Waals surface area contributed by atoms with Gasteiger partial charge in [-0.2, -0.15) is 0 Å². The first-order valence-corrected chi connectivity index (χ1v) is 3.75. The summed E-state index contributed by atoms with van der Waals surface area (Å²) in [7, 11) is 0. The summed E-state index contributed by atoms with van der Waals surface area (Å²) in [5, 5.41) is 8.51. The monoisotopic (exact) mass is 147 g/mol. The fourth-order valence-electron chi connectivity index (χ4n) is 0.572. The number of rotatable bonds is 6. The van der Waals surface area contributed by atoms with Crippen LogP contribution >= 0.6 is 0 Å². The van der Waals surface area contributed by atoms with Crippen LogP contribution in [0.15, 0.2) is 0 Å². The molecule has 1 unspecified atom stereocenters. The summed E-state index contributed by atoms with van der Waals surface area (Å²) in [6.45, 7) is 3.56. The van der Waals surface area contributed by atoms with Gasteiger partial charge in [0.05, 0.1) is 6.61 Å². The Morgan fingerprint density at radius 2 is 2.20 bits per heavy atom. The minimum absolute atomic E-state index is 0.0511. The molecule has 62 valence electrons. The van der Waals surface area contributed by atoms with E-state index in [-0.39, 0.29) is 12.6 Å². The van der Waals surface area contributed by atoms with Gasteiger partial charge in [-0.3, -0.25) is 0 Å². The Morgan fingerprint density at radius 1 is 1.50 bits per heavy atom. The number of ether oxygens (including phenoxy) is 1. The molecule has 0 radical (unpaired) electrons. The summed E-state index contributed by atoms with van der Waals surface area (Å²) >= 11 is 0. The lowest BCUT2D eigenvalue weighted by molar-refractivity contribution is 0.120. The minimum atomic E-state index is -0.114.